The third-order valence-electron chi connectivity index (χ3n) is 4.72. The van der Waals surface area contributed by atoms with Crippen molar-refractivity contribution in [2.75, 3.05) is 26.6 Å². The summed E-state index contributed by atoms with van der Waals surface area (Å²) in [5.74, 6) is 1.11. The predicted molar refractivity (Wildman–Crippen MR) is 115 cm³/mol. The van der Waals surface area contributed by atoms with Crippen LogP contribution in [0.15, 0.2) is 53.0 Å². The Morgan fingerprint density at radius 2 is 1.97 bits per heavy atom. The van der Waals surface area contributed by atoms with Crippen LogP contribution < -0.4 is 14.8 Å². The van der Waals surface area contributed by atoms with Gasteiger partial charge in [0.2, 0.25) is 5.95 Å². The van der Waals surface area contributed by atoms with Crippen LogP contribution in [0.2, 0.25) is 0 Å². The van der Waals surface area contributed by atoms with Crippen LogP contribution in [0.1, 0.15) is 27.8 Å². The maximum absolute atomic E-state index is 12.0. The number of nitrogens with zero attached hydrogens (tertiary/aromatic N) is 3. The lowest BCUT2D eigenvalue weighted by atomic mass is 10.0. The molecule has 30 heavy (non-hydrogen) atoms. The number of ether oxygens (including phenoxy) is 3. The molecule has 0 fully saturated rings. The van der Waals surface area contributed by atoms with Gasteiger partial charge in [0.05, 0.1) is 21.3 Å². The molecule has 2 aromatic carbocycles. The molecule has 0 aliphatic carbocycles. The van der Waals surface area contributed by atoms with Gasteiger partial charge in [-0.05, 0) is 42.0 Å². The number of aromatic nitrogens is 3. The quantitative estimate of drug-likeness (QED) is 0.565. The molecule has 1 atom stereocenters. The SMILES string of the molecule is COC(=O)c1nc2n(n1)[C@H](c1cc(OC)ccc1OC)C=C(c1cccc(Br)c1)N2. The van der Waals surface area contributed by atoms with Crippen molar-refractivity contribution in [2.45, 2.75) is 6.04 Å². The fourth-order valence-corrected chi connectivity index (χ4v) is 3.69. The fourth-order valence-electron chi connectivity index (χ4n) is 3.29. The number of nitrogens with one attached hydrogen (secondary N) is 1. The van der Waals surface area contributed by atoms with Gasteiger partial charge in [0.1, 0.15) is 17.5 Å². The molecule has 1 aliphatic heterocycles. The van der Waals surface area contributed by atoms with Crippen LogP contribution in [-0.4, -0.2) is 42.1 Å². The number of carbonyl (C=O) groups excluding carboxylic acids is 1. The predicted octanol–water partition coefficient (Wildman–Crippen LogP) is 3.90. The smallest absolute Gasteiger partial charge is 0.378 e. The number of rotatable bonds is 5. The molecule has 154 valence electrons. The van der Waals surface area contributed by atoms with Crippen LogP contribution >= 0.6 is 15.9 Å². The molecule has 1 aliphatic rings. The molecular formula is C21H19BrN4O4. The van der Waals surface area contributed by atoms with E-state index in [1.54, 1.807) is 18.9 Å². The molecule has 4 rings (SSSR count). The van der Waals surface area contributed by atoms with Gasteiger partial charge in [0, 0.05) is 15.7 Å². The average molecular weight is 471 g/mol. The lowest BCUT2D eigenvalue weighted by Gasteiger charge is -2.25. The summed E-state index contributed by atoms with van der Waals surface area (Å²) in [6.07, 6.45) is 2.00. The first-order valence-corrected chi connectivity index (χ1v) is 9.85. The van der Waals surface area contributed by atoms with Crippen LogP contribution in [0.4, 0.5) is 5.95 Å². The van der Waals surface area contributed by atoms with Gasteiger partial charge in [-0.3, -0.25) is 0 Å². The summed E-state index contributed by atoms with van der Waals surface area (Å²) >= 11 is 3.51. The van der Waals surface area contributed by atoms with E-state index < -0.39 is 12.0 Å². The Morgan fingerprint density at radius 3 is 2.67 bits per heavy atom. The van der Waals surface area contributed by atoms with Crippen molar-refractivity contribution in [1.82, 2.24) is 14.8 Å². The minimum absolute atomic E-state index is 0.0317. The van der Waals surface area contributed by atoms with Gasteiger partial charge in [0.15, 0.2) is 0 Å². The molecule has 1 N–H and O–H groups in total. The van der Waals surface area contributed by atoms with E-state index in [0.717, 1.165) is 21.3 Å². The van der Waals surface area contributed by atoms with Crippen LogP contribution in [0.25, 0.3) is 5.70 Å². The minimum Gasteiger partial charge on any atom is -0.497 e. The maximum atomic E-state index is 12.0. The number of fused-ring (bicyclic) bond motifs is 1. The van der Waals surface area contributed by atoms with E-state index in [9.17, 15) is 4.79 Å². The van der Waals surface area contributed by atoms with Crippen molar-refractivity contribution in [3.8, 4) is 11.5 Å². The van der Waals surface area contributed by atoms with Crippen LogP contribution in [0, 0.1) is 0 Å². The van der Waals surface area contributed by atoms with Crippen molar-refractivity contribution in [1.29, 1.82) is 0 Å². The van der Waals surface area contributed by atoms with E-state index in [4.69, 9.17) is 14.2 Å². The van der Waals surface area contributed by atoms with Gasteiger partial charge in [-0.15, -0.1) is 5.10 Å². The van der Waals surface area contributed by atoms with Crippen molar-refractivity contribution in [2.24, 2.45) is 0 Å². The first-order valence-electron chi connectivity index (χ1n) is 9.05. The molecule has 0 radical (unpaired) electrons. The number of esters is 1. The summed E-state index contributed by atoms with van der Waals surface area (Å²) in [4.78, 5) is 16.4. The zero-order valence-electron chi connectivity index (χ0n) is 16.5. The van der Waals surface area contributed by atoms with E-state index in [2.05, 4.69) is 31.3 Å². The third kappa shape index (κ3) is 3.63. The number of methoxy groups -OCH3 is 3. The van der Waals surface area contributed by atoms with E-state index >= 15 is 0 Å². The Morgan fingerprint density at radius 1 is 1.13 bits per heavy atom. The van der Waals surface area contributed by atoms with Gasteiger partial charge < -0.3 is 19.5 Å². The molecule has 3 aromatic rings. The zero-order valence-corrected chi connectivity index (χ0v) is 18.1. The largest absolute Gasteiger partial charge is 0.497 e. The van der Waals surface area contributed by atoms with Crippen molar-refractivity contribution < 1.29 is 19.0 Å². The van der Waals surface area contributed by atoms with Gasteiger partial charge in [-0.2, -0.15) is 4.98 Å². The number of hydrogen-bond acceptors (Lipinski definition) is 7. The van der Waals surface area contributed by atoms with E-state index in [0.29, 0.717) is 17.4 Å². The number of hydrogen-bond donors (Lipinski definition) is 1. The molecule has 9 heteroatoms. The number of halogens is 1. The van der Waals surface area contributed by atoms with Crippen LogP contribution in [0.5, 0.6) is 11.5 Å². The highest BCUT2D eigenvalue weighted by Crippen LogP contribution is 2.38. The Bertz CT molecular complexity index is 1140. The number of allylic oxidation sites excluding steroid dienone is 1. The molecule has 0 bridgehead atoms. The van der Waals surface area contributed by atoms with Gasteiger partial charge in [-0.1, -0.05) is 28.1 Å². The number of carbonyl (C=O) groups is 1. The molecular weight excluding hydrogens is 452 g/mol. The minimum atomic E-state index is -0.612. The second kappa shape index (κ2) is 8.19. The standard InChI is InChI=1S/C21H19BrN4O4/c1-28-14-7-8-18(29-2)15(10-14)17-11-16(12-5-4-6-13(22)9-12)23-21-24-19(20(27)30-3)25-26(17)21/h4-11,17H,1-3H3,(H,23,24,25)/t17-/m0/s1. The highest BCUT2D eigenvalue weighted by molar-refractivity contribution is 9.10. The average Bonchev–Trinajstić information content (AvgIpc) is 3.21. The molecule has 8 nitrogen and oxygen atoms in total. The molecule has 0 saturated heterocycles. The van der Waals surface area contributed by atoms with Crippen molar-refractivity contribution in [3.05, 3.63) is 70.0 Å². The summed E-state index contributed by atoms with van der Waals surface area (Å²) in [7, 11) is 4.50. The fraction of sp³-hybridized carbons (Fsp3) is 0.190. The summed E-state index contributed by atoms with van der Waals surface area (Å²) in [5, 5.41) is 7.63. The lowest BCUT2D eigenvalue weighted by Crippen LogP contribution is -2.21. The summed E-state index contributed by atoms with van der Waals surface area (Å²) in [6.45, 7) is 0. The normalized spacial score (nSPS) is 14.9. The van der Waals surface area contributed by atoms with Gasteiger partial charge >= 0.3 is 5.97 Å². The monoisotopic (exact) mass is 470 g/mol. The van der Waals surface area contributed by atoms with Crippen molar-refractivity contribution in [3.63, 3.8) is 0 Å². The number of anilines is 1. The summed E-state index contributed by atoms with van der Waals surface area (Å²) < 4.78 is 18.4. The van der Waals surface area contributed by atoms with E-state index in [-0.39, 0.29) is 5.82 Å². The second-order valence-corrected chi connectivity index (χ2v) is 7.38. The first kappa shape index (κ1) is 20.0. The molecule has 0 saturated carbocycles. The Balaban J connectivity index is 1.90. The van der Waals surface area contributed by atoms with Crippen molar-refractivity contribution >= 4 is 33.5 Å². The van der Waals surface area contributed by atoms with E-state index in [1.165, 1.54) is 7.11 Å². The van der Waals surface area contributed by atoms with Gasteiger partial charge in [0.25, 0.3) is 5.82 Å². The molecule has 0 spiro atoms. The lowest BCUT2D eigenvalue weighted by molar-refractivity contribution is 0.0586. The zero-order chi connectivity index (χ0) is 21.3. The first-order chi connectivity index (χ1) is 14.5. The molecule has 0 unspecified atom stereocenters. The summed E-state index contributed by atoms with van der Waals surface area (Å²) in [5.41, 5.74) is 2.58. The molecule has 1 aromatic heterocycles. The van der Waals surface area contributed by atoms with E-state index in [1.807, 2.05) is 48.5 Å². The highest BCUT2D eigenvalue weighted by Gasteiger charge is 2.29. The molecule has 2 heterocycles. The Kier molecular flexibility index (Phi) is 5.45. The molecule has 0 amide bonds. The maximum Gasteiger partial charge on any atom is 0.378 e. The highest BCUT2D eigenvalue weighted by atomic mass is 79.9. The number of benzene rings is 2. The van der Waals surface area contributed by atoms with Crippen LogP contribution in [-0.2, 0) is 4.74 Å². The van der Waals surface area contributed by atoms with Crippen LogP contribution in [0.3, 0.4) is 0 Å². The Hall–Kier alpha value is -3.33. The second-order valence-electron chi connectivity index (χ2n) is 6.46. The Labute approximate surface area is 181 Å². The van der Waals surface area contributed by atoms with Gasteiger partial charge in [-0.25, -0.2) is 9.48 Å². The summed E-state index contributed by atoms with van der Waals surface area (Å²) in [6, 6.07) is 13.0. The topological polar surface area (TPSA) is 87.5 Å². The third-order valence-corrected chi connectivity index (χ3v) is 5.22.